The number of nitrogens with one attached hydrogen (secondary N) is 1. The zero-order valence-corrected chi connectivity index (χ0v) is 13.1. The third kappa shape index (κ3) is 3.28. The molecule has 8 heteroatoms. The van der Waals surface area contributed by atoms with Crippen LogP contribution in [0.15, 0.2) is 16.5 Å². The molecule has 1 aromatic carbocycles. The molecule has 0 radical (unpaired) electrons. The molecule has 24 heavy (non-hydrogen) atoms. The second-order valence-electron chi connectivity index (χ2n) is 5.63. The van der Waals surface area contributed by atoms with Gasteiger partial charge in [-0.05, 0) is 26.8 Å². The maximum atomic E-state index is 13.6. The number of benzene rings is 1. The van der Waals surface area contributed by atoms with Crippen LogP contribution in [0.1, 0.15) is 34.4 Å². The molecule has 0 aliphatic heterocycles. The minimum atomic E-state index is -1.80. The van der Waals surface area contributed by atoms with E-state index in [1.54, 1.807) is 19.9 Å². The summed E-state index contributed by atoms with van der Waals surface area (Å²) in [6, 6.07) is 1.56. The Morgan fingerprint density at radius 3 is 2.17 bits per heavy atom. The van der Waals surface area contributed by atoms with E-state index in [4.69, 9.17) is 4.42 Å². The van der Waals surface area contributed by atoms with Gasteiger partial charge < -0.3 is 14.8 Å². The number of aliphatic hydroxyl groups is 1. The Bertz CT molecular complexity index is 773. The zero-order chi connectivity index (χ0) is 18.2. The van der Waals surface area contributed by atoms with Gasteiger partial charge in [-0.1, -0.05) is 0 Å². The minimum Gasteiger partial charge on any atom is -0.466 e. The molecule has 2 N–H and O–H groups in total. The van der Waals surface area contributed by atoms with Crippen LogP contribution in [0, 0.1) is 37.1 Å². The highest BCUT2D eigenvalue weighted by Gasteiger charge is 2.30. The van der Waals surface area contributed by atoms with Crippen molar-refractivity contribution in [3.8, 4) is 0 Å². The summed E-state index contributed by atoms with van der Waals surface area (Å²) >= 11 is 0. The molecule has 0 aliphatic rings. The van der Waals surface area contributed by atoms with Crippen molar-refractivity contribution in [2.75, 3.05) is 6.54 Å². The third-order valence-corrected chi connectivity index (χ3v) is 3.55. The predicted octanol–water partition coefficient (Wildman–Crippen LogP) is 3.09. The maximum Gasteiger partial charge on any atom is 0.257 e. The molecule has 0 unspecified atom stereocenters. The summed E-state index contributed by atoms with van der Waals surface area (Å²) in [5, 5.41) is 12.5. The van der Waals surface area contributed by atoms with Crippen LogP contribution in [0.5, 0.6) is 0 Å². The highest BCUT2D eigenvalue weighted by atomic mass is 19.2. The molecular formula is C16H15F4NO3. The molecule has 2 rings (SSSR count). The van der Waals surface area contributed by atoms with Gasteiger partial charge in [-0.2, -0.15) is 0 Å². The van der Waals surface area contributed by atoms with Crippen molar-refractivity contribution in [2.45, 2.75) is 26.4 Å². The first-order valence-corrected chi connectivity index (χ1v) is 6.95. The van der Waals surface area contributed by atoms with Crippen molar-refractivity contribution in [1.82, 2.24) is 5.32 Å². The first-order valence-electron chi connectivity index (χ1n) is 6.95. The largest absolute Gasteiger partial charge is 0.466 e. The first-order chi connectivity index (χ1) is 11.0. The third-order valence-electron chi connectivity index (χ3n) is 3.55. The molecule has 0 aliphatic carbocycles. The number of carbonyl (C=O) groups is 1. The van der Waals surface area contributed by atoms with Gasteiger partial charge in [0.25, 0.3) is 5.91 Å². The van der Waals surface area contributed by atoms with Gasteiger partial charge in [-0.3, -0.25) is 4.79 Å². The van der Waals surface area contributed by atoms with Crippen LogP contribution in [0.4, 0.5) is 17.6 Å². The van der Waals surface area contributed by atoms with Crippen LogP contribution < -0.4 is 5.32 Å². The summed E-state index contributed by atoms with van der Waals surface area (Å²) < 4.78 is 58.7. The lowest BCUT2D eigenvalue weighted by atomic mass is 9.96. The standard InChI is InChI=1S/C16H15F4NO3/c1-7-4-9(8(2)24-7)16(3,23)6-21-15(22)12-13(19)10(17)5-11(18)14(12)20/h4-5,23H,6H2,1-3H3,(H,21,22)/t16-/m0/s1. The molecule has 2 aromatic rings. The van der Waals surface area contributed by atoms with Gasteiger partial charge in [0.1, 0.15) is 22.7 Å². The average Bonchev–Trinajstić information content (AvgIpc) is 2.83. The van der Waals surface area contributed by atoms with Crippen LogP contribution in [0.2, 0.25) is 0 Å². The van der Waals surface area contributed by atoms with E-state index in [2.05, 4.69) is 5.32 Å². The minimum absolute atomic E-state index is 0.00914. The van der Waals surface area contributed by atoms with E-state index in [9.17, 15) is 27.5 Å². The van der Waals surface area contributed by atoms with E-state index in [1.807, 2.05) is 0 Å². The molecule has 1 atom stereocenters. The number of rotatable bonds is 4. The van der Waals surface area contributed by atoms with Crippen LogP contribution in [-0.2, 0) is 5.60 Å². The Hall–Kier alpha value is -2.35. The van der Waals surface area contributed by atoms with Gasteiger partial charge in [0.15, 0.2) is 23.3 Å². The molecule has 1 heterocycles. The van der Waals surface area contributed by atoms with Crippen LogP contribution in [0.25, 0.3) is 0 Å². The monoisotopic (exact) mass is 345 g/mol. The lowest BCUT2D eigenvalue weighted by Crippen LogP contribution is -2.39. The van der Waals surface area contributed by atoms with E-state index < -0.39 is 46.9 Å². The molecule has 0 fully saturated rings. The zero-order valence-electron chi connectivity index (χ0n) is 13.1. The Morgan fingerprint density at radius 2 is 1.71 bits per heavy atom. The quantitative estimate of drug-likeness (QED) is 0.661. The fourth-order valence-electron chi connectivity index (χ4n) is 2.37. The topological polar surface area (TPSA) is 62.5 Å². The van der Waals surface area contributed by atoms with E-state index in [1.165, 1.54) is 6.92 Å². The number of amides is 1. The van der Waals surface area contributed by atoms with Gasteiger partial charge in [-0.25, -0.2) is 17.6 Å². The highest BCUT2D eigenvalue weighted by molar-refractivity contribution is 5.94. The van der Waals surface area contributed by atoms with Crippen molar-refractivity contribution in [3.63, 3.8) is 0 Å². The average molecular weight is 345 g/mol. The van der Waals surface area contributed by atoms with Gasteiger partial charge in [0.2, 0.25) is 0 Å². The van der Waals surface area contributed by atoms with E-state index in [0.717, 1.165) is 0 Å². The number of furan rings is 1. The maximum absolute atomic E-state index is 13.6. The van der Waals surface area contributed by atoms with E-state index >= 15 is 0 Å². The molecule has 130 valence electrons. The summed E-state index contributed by atoms with van der Waals surface area (Å²) in [5.74, 6) is -7.44. The summed E-state index contributed by atoms with van der Waals surface area (Å²) in [6.07, 6.45) is 0. The number of hydrogen-bond donors (Lipinski definition) is 2. The number of halogens is 4. The molecule has 1 aromatic heterocycles. The number of carbonyl (C=O) groups excluding carboxylic acids is 1. The van der Waals surface area contributed by atoms with Crippen molar-refractivity contribution in [1.29, 1.82) is 0 Å². The predicted molar refractivity (Wildman–Crippen MR) is 76.4 cm³/mol. The van der Waals surface area contributed by atoms with E-state index in [0.29, 0.717) is 17.1 Å². The molecule has 4 nitrogen and oxygen atoms in total. The molecule has 0 saturated carbocycles. The number of hydrogen-bond acceptors (Lipinski definition) is 3. The SMILES string of the molecule is Cc1cc([C@@](C)(O)CNC(=O)c2c(F)c(F)cc(F)c2F)c(C)o1. The van der Waals surface area contributed by atoms with Crippen molar-refractivity contribution in [2.24, 2.45) is 0 Å². The van der Waals surface area contributed by atoms with Gasteiger partial charge in [-0.15, -0.1) is 0 Å². The summed E-state index contributed by atoms with van der Waals surface area (Å²) in [6.45, 7) is 4.15. The van der Waals surface area contributed by atoms with Crippen LogP contribution in [-0.4, -0.2) is 17.6 Å². The number of aryl methyl sites for hydroxylation is 2. The fraction of sp³-hybridized carbons (Fsp3) is 0.312. The van der Waals surface area contributed by atoms with Gasteiger partial charge >= 0.3 is 0 Å². The van der Waals surface area contributed by atoms with Crippen LogP contribution in [0.3, 0.4) is 0 Å². The molecular weight excluding hydrogens is 330 g/mol. The normalized spacial score (nSPS) is 13.7. The summed E-state index contributed by atoms with van der Waals surface area (Å²) in [7, 11) is 0. The van der Waals surface area contributed by atoms with Crippen molar-refractivity contribution in [3.05, 3.63) is 58.0 Å². The second kappa shape index (κ2) is 6.27. The van der Waals surface area contributed by atoms with E-state index in [-0.39, 0.29) is 6.07 Å². The van der Waals surface area contributed by atoms with Gasteiger partial charge in [0.05, 0.1) is 6.54 Å². The molecule has 0 saturated heterocycles. The molecule has 0 spiro atoms. The summed E-state index contributed by atoms with van der Waals surface area (Å²) in [4.78, 5) is 11.9. The van der Waals surface area contributed by atoms with Crippen molar-refractivity contribution >= 4 is 5.91 Å². The molecule has 1 amide bonds. The first kappa shape index (κ1) is 18.0. The Kier molecular flexibility index (Phi) is 4.70. The Labute approximate surface area is 135 Å². The lowest BCUT2D eigenvalue weighted by Gasteiger charge is -2.23. The van der Waals surface area contributed by atoms with Gasteiger partial charge in [0, 0.05) is 11.6 Å². The second-order valence-corrected chi connectivity index (χ2v) is 5.63. The Morgan fingerprint density at radius 1 is 1.17 bits per heavy atom. The summed E-state index contributed by atoms with van der Waals surface area (Å²) in [5.41, 5.74) is -2.63. The molecule has 0 bridgehead atoms. The van der Waals surface area contributed by atoms with Crippen molar-refractivity contribution < 1.29 is 31.9 Å². The fourth-order valence-corrected chi connectivity index (χ4v) is 2.37. The van der Waals surface area contributed by atoms with Crippen LogP contribution >= 0.6 is 0 Å². The highest BCUT2D eigenvalue weighted by Crippen LogP contribution is 2.27. The Balaban J connectivity index is 2.24. The smallest absolute Gasteiger partial charge is 0.257 e. The lowest BCUT2D eigenvalue weighted by molar-refractivity contribution is 0.0511.